The summed E-state index contributed by atoms with van der Waals surface area (Å²) in [6.45, 7) is -1.08. The van der Waals surface area contributed by atoms with Crippen LogP contribution in [0.1, 0.15) is 6.42 Å². The van der Waals surface area contributed by atoms with Crippen LogP contribution in [-0.2, 0) is 10.0 Å². The van der Waals surface area contributed by atoms with Crippen LogP contribution in [0.25, 0.3) is 0 Å². The minimum Gasteiger partial charge on any atom is -1.00 e. The number of hydrogen-bond acceptors (Lipinski definition) is 2. The first kappa shape index (κ1) is 36.8. The molecule has 0 atom stereocenters. The molecule has 0 radical (unpaired) electrons. The van der Waals surface area contributed by atoms with Gasteiger partial charge in [-0.25, -0.2) is 13.1 Å². The largest absolute Gasteiger partial charge is 1.00 e. The summed E-state index contributed by atoms with van der Waals surface area (Å²) in [5.41, 5.74) is 0. The van der Waals surface area contributed by atoms with Crippen LogP contribution < -0.4 is 46.7 Å². The number of quaternary nitrogens is 1. The number of rotatable bonds is 10. The number of alkyl halides is 13. The topological polar surface area (TPSA) is 46.2 Å². The first-order valence-electron chi connectivity index (χ1n) is 7.46. The van der Waals surface area contributed by atoms with Crippen LogP contribution in [-0.4, -0.2) is 82.3 Å². The third-order valence-electron chi connectivity index (χ3n) is 3.54. The van der Waals surface area contributed by atoms with Crippen LogP contribution in [0, 0.1) is 0 Å². The van der Waals surface area contributed by atoms with Gasteiger partial charge in [-0.1, -0.05) is 0 Å². The maximum Gasteiger partial charge on any atom is 1.00 e. The molecule has 0 fully saturated rings. The Morgan fingerprint density at radius 1 is 0.688 bits per heavy atom. The van der Waals surface area contributed by atoms with Crippen LogP contribution in [0.15, 0.2) is 0 Å². The molecule has 0 rings (SSSR count). The van der Waals surface area contributed by atoms with Gasteiger partial charge >= 0.3 is 64.7 Å². The number of sulfonamides is 1. The van der Waals surface area contributed by atoms with Gasteiger partial charge in [-0.3, -0.25) is 0 Å². The van der Waals surface area contributed by atoms with E-state index in [2.05, 4.69) is 0 Å². The van der Waals surface area contributed by atoms with E-state index in [0.717, 1.165) is 0 Å². The molecule has 0 amide bonds. The standard InChI is InChI=1S/C12H16F13N2O2S.ClH.Na/c1-27(2,3)6-4-5-26-30(28,29)12(24,25)10(19,20)8(15,16)7(13,14)9(17,18)11(21,22)23;;/h26H,4-6H2,1-3H3;1H;/q+1;;+1/p-1. The molecule has 20 heteroatoms. The summed E-state index contributed by atoms with van der Waals surface area (Å²) in [4.78, 5) is 0. The predicted molar refractivity (Wildman–Crippen MR) is 75.2 cm³/mol. The fraction of sp³-hybridized carbons (Fsp3) is 1.00. The molecular weight excluding hydrogens is 542 g/mol. The molecule has 0 bridgehead atoms. The predicted octanol–water partition coefficient (Wildman–Crippen LogP) is -2.29. The molecule has 0 aliphatic rings. The molecule has 0 heterocycles. The Morgan fingerprint density at radius 2 is 1.03 bits per heavy atom. The van der Waals surface area contributed by atoms with Gasteiger partial charge in [0.25, 0.3) is 10.0 Å². The van der Waals surface area contributed by atoms with Crippen LogP contribution in [0.3, 0.4) is 0 Å². The summed E-state index contributed by atoms with van der Waals surface area (Å²) in [5, 5.41) is -7.20. The van der Waals surface area contributed by atoms with Gasteiger partial charge in [-0.15, -0.1) is 0 Å². The van der Waals surface area contributed by atoms with Crippen molar-refractivity contribution in [3.8, 4) is 0 Å². The first-order valence-corrected chi connectivity index (χ1v) is 8.94. The average molecular weight is 558 g/mol. The van der Waals surface area contributed by atoms with Crippen molar-refractivity contribution in [2.75, 3.05) is 34.2 Å². The van der Waals surface area contributed by atoms with E-state index in [1.54, 1.807) is 0 Å². The number of halogens is 14. The molecule has 0 aliphatic heterocycles. The molecule has 0 saturated heterocycles. The van der Waals surface area contributed by atoms with Crippen LogP contribution in [0.5, 0.6) is 0 Å². The summed E-state index contributed by atoms with van der Waals surface area (Å²) >= 11 is 0. The molecule has 0 spiro atoms. The third-order valence-corrected chi connectivity index (χ3v) is 5.06. The smallest absolute Gasteiger partial charge is 1.00 e. The Bertz CT molecular complexity index is 723. The summed E-state index contributed by atoms with van der Waals surface area (Å²) in [6, 6.07) is 0. The number of nitrogens with zero attached hydrogens (tertiary/aromatic N) is 1. The van der Waals surface area contributed by atoms with E-state index in [1.807, 2.05) is 0 Å². The van der Waals surface area contributed by atoms with Crippen molar-refractivity contribution < 1.29 is 112 Å². The minimum atomic E-state index is -8.15. The van der Waals surface area contributed by atoms with Crippen LogP contribution >= 0.6 is 0 Å². The van der Waals surface area contributed by atoms with Gasteiger partial charge < -0.3 is 16.9 Å². The van der Waals surface area contributed by atoms with Gasteiger partial charge in [0.2, 0.25) is 0 Å². The molecule has 0 aromatic rings. The Hall–Kier alpha value is 0.250. The monoisotopic (exact) mass is 557 g/mol. The molecule has 0 saturated carbocycles. The van der Waals surface area contributed by atoms with E-state index < -0.39 is 51.7 Å². The van der Waals surface area contributed by atoms with Gasteiger partial charge in [-0.2, -0.15) is 57.1 Å². The summed E-state index contributed by atoms with van der Waals surface area (Å²) < 4.78 is 192. The first-order chi connectivity index (χ1) is 12.7. The van der Waals surface area contributed by atoms with Gasteiger partial charge in [0.15, 0.2) is 0 Å². The molecule has 4 nitrogen and oxygen atoms in total. The van der Waals surface area contributed by atoms with E-state index in [1.165, 1.54) is 21.1 Å². The van der Waals surface area contributed by atoms with Crippen molar-refractivity contribution in [1.29, 1.82) is 0 Å². The van der Waals surface area contributed by atoms with Gasteiger partial charge in [0.05, 0.1) is 27.7 Å². The van der Waals surface area contributed by atoms with E-state index >= 15 is 0 Å². The second kappa shape index (κ2) is 10.5. The second-order valence-corrected chi connectivity index (χ2v) is 8.89. The fourth-order valence-corrected chi connectivity index (χ4v) is 2.83. The van der Waals surface area contributed by atoms with Crippen LogP contribution in [0.2, 0.25) is 0 Å². The molecule has 0 aromatic heterocycles. The van der Waals surface area contributed by atoms with Crippen molar-refractivity contribution in [2.45, 2.75) is 41.5 Å². The van der Waals surface area contributed by atoms with Crippen molar-refractivity contribution in [1.82, 2.24) is 4.72 Å². The Kier molecular flexibility index (Phi) is 12.0. The summed E-state index contributed by atoms with van der Waals surface area (Å²) in [7, 11) is -2.40. The SMILES string of the molecule is C[N+](C)(C)CCCNS(=O)(=O)C(F)(F)C(F)(F)C(F)(F)C(F)(F)C(F)(F)C(F)(F)F.[Cl-].[Na+]. The Balaban J connectivity index is -0.00000420. The van der Waals surface area contributed by atoms with Crippen molar-refractivity contribution in [3.63, 3.8) is 0 Å². The maximum atomic E-state index is 13.6. The Morgan fingerprint density at radius 3 is 1.34 bits per heavy atom. The maximum absolute atomic E-state index is 13.6. The third kappa shape index (κ3) is 6.47. The quantitative estimate of drug-likeness (QED) is 0.142. The van der Waals surface area contributed by atoms with Crippen molar-refractivity contribution in [3.05, 3.63) is 0 Å². The zero-order valence-corrected chi connectivity index (χ0v) is 20.2. The molecule has 0 aromatic carbocycles. The van der Waals surface area contributed by atoms with Crippen LogP contribution in [0.4, 0.5) is 57.1 Å². The van der Waals surface area contributed by atoms with E-state index in [-0.39, 0.29) is 59.4 Å². The fourth-order valence-electron chi connectivity index (χ4n) is 1.77. The number of hydrogen-bond donors (Lipinski definition) is 1. The summed E-state index contributed by atoms with van der Waals surface area (Å²) in [6.07, 6.45) is -7.92. The molecule has 190 valence electrons. The van der Waals surface area contributed by atoms with Gasteiger partial charge in [0, 0.05) is 13.0 Å². The van der Waals surface area contributed by atoms with Gasteiger partial charge in [0.1, 0.15) is 0 Å². The average Bonchev–Trinajstić information content (AvgIpc) is 2.48. The molecular formula is C12H16ClF13N2NaO2S+. The molecule has 0 aliphatic carbocycles. The Labute approximate surface area is 202 Å². The summed E-state index contributed by atoms with van der Waals surface area (Å²) in [5.74, 6) is -32.1. The molecule has 0 unspecified atom stereocenters. The van der Waals surface area contributed by atoms with E-state index in [4.69, 9.17) is 0 Å². The zero-order valence-electron chi connectivity index (χ0n) is 16.6. The van der Waals surface area contributed by atoms with Crippen molar-refractivity contribution >= 4 is 10.0 Å². The van der Waals surface area contributed by atoms with Gasteiger partial charge in [-0.05, 0) is 0 Å². The van der Waals surface area contributed by atoms with E-state index in [9.17, 15) is 65.5 Å². The zero-order chi connectivity index (χ0) is 24.8. The molecule has 32 heavy (non-hydrogen) atoms. The van der Waals surface area contributed by atoms with E-state index in [0.29, 0.717) is 4.72 Å². The number of nitrogens with one attached hydrogen (secondary N) is 1. The second-order valence-electron chi connectivity index (χ2n) is 7.08. The molecule has 1 N–H and O–H groups in total. The minimum absolute atomic E-state index is 0. The normalized spacial score (nSPS) is 15.1. The van der Waals surface area contributed by atoms with Crippen molar-refractivity contribution in [2.24, 2.45) is 0 Å².